The molecule has 2 unspecified atom stereocenters. The van der Waals surface area contributed by atoms with Crippen molar-refractivity contribution in [2.45, 2.75) is 58.4 Å². The molecule has 0 radical (unpaired) electrons. The SMILES string of the molecule is CCCc1nc(N2CCC3CCCCC3C2)sc1CN. The van der Waals surface area contributed by atoms with E-state index in [1.54, 1.807) is 0 Å². The van der Waals surface area contributed by atoms with Crippen LogP contribution in [0.3, 0.4) is 0 Å². The summed E-state index contributed by atoms with van der Waals surface area (Å²) in [7, 11) is 0. The van der Waals surface area contributed by atoms with Gasteiger partial charge >= 0.3 is 0 Å². The first kappa shape index (κ1) is 14.3. The van der Waals surface area contributed by atoms with E-state index in [1.165, 1.54) is 60.9 Å². The quantitative estimate of drug-likeness (QED) is 0.922. The third-order valence-electron chi connectivity index (χ3n) is 5.00. The second-order valence-electron chi connectivity index (χ2n) is 6.36. The molecule has 0 amide bonds. The third kappa shape index (κ3) is 2.86. The highest BCUT2D eigenvalue weighted by Gasteiger charge is 2.32. The molecule has 2 fully saturated rings. The van der Waals surface area contributed by atoms with Gasteiger partial charge in [-0.05, 0) is 31.1 Å². The van der Waals surface area contributed by atoms with Gasteiger partial charge in [0.1, 0.15) is 0 Å². The van der Waals surface area contributed by atoms with Gasteiger partial charge in [-0.3, -0.25) is 0 Å². The van der Waals surface area contributed by atoms with Crippen molar-refractivity contribution < 1.29 is 0 Å². The smallest absolute Gasteiger partial charge is 0.185 e. The first-order valence-electron chi connectivity index (χ1n) is 8.25. The number of aryl methyl sites for hydroxylation is 1. The molecule has 2 heterocycles. The van der Waals surface area contributed by atoms with Gasteiger partial charge in [-0.25, -0.2) is 4.98 Å². The van der Waals surface area contributed by atoms with E-state index in [-0.39, 0.29) is 0 Å². The Balaban J connectivity index is 1.72. The predicted octanol–water partition coefficient (Wildman–Crippen LogP) is 3.57. The third-order valence-corrected chi connectivity index (χ3v) is 6.18. The maximum Gasteiger partial charge on any atom is 0.185 e. The molecule has 1 aliphatic heterocycles. The van der Waals surface area contributed by atoms with Gasteiger partial charge < -0.3 is 10.6 Å². The van der Waals surface area contributed by atoms with Crippen LogP contribution in [0, 0.1) is 11.8 Å². The van der Waals surface area contributed by atoms with Crippen molar-refractivity contribution in [3.05, 3.63) is 10.6 Å². The van der Waals surface area contributed by atoms with Gasteiger partial charge in [0.25, 0.3) is 0 Å². The molecule has 1 aromatic heterocycles. The molecule has 112 valence electrons. The summed E-state index contributed by atoms with van der Waals surface area (Å²) in [6.45, 7) is 5.29. The van der Waals surface area contributed by atoms with Crippen LogP contribution in [0.25, 0.3) is 0 Å². The molecule has 1 saturated heterocycles. The maximum absolute atomic E-state index is 5.88. The van der Waals surface area contributed by atoms with Gasteiger partial charge in [-0.1, -0.05) is 32.6 Å². The van der Waals surface area contributed by atoms with E-state index in [0.29, 0.717) is 6.54 Å². The van der Waals surface area contributed by atoms with Gasteiger partial charge in [0.15, 0.2) is 5.13 Å². The van der Waals surface area contributed by atoms with Crippen molar-refractivity contribution in [3.63, 3.8) is 0 Å². The van der Waals surface area contributed by atoms with E-state index >= 15 is 0 Å². The molecule has 4 heteroatoms. The molecule has 0 spiro atoms. The largest absolute Gasteiger partial charge is 0.348 e. The summed E-state index contributed by atoms with van der Waals surface area (Å²) in [5, 5.41) is 1.23. The molecule has 1 saturated carbocycles. The van der Waals surface area contributed by atoms with Gasteiger partial charge in [0, 0.05) is 24.5 Å². The number of nitrogens with two attached hydrogens (primary N) is 1. The van der Waals surface area contributed by atoms with Crippen molar-refractivity contribution in [2.75, 3.05) is 18.0 Å². The summed E-state index contributed by atoms with van der Waals surface area (Å²) in [6.07, 6.45) is 9.37. The summed E-state index contributed by atoms with van der Waals surface area (Å²) in [5.74, 6) is 1.90. The number of fused-ring (bicyclic) bond motifs is 1. The van der Waals surface area contributed by atoms with Crippen LogP contribution in [-0.4, -0.2) is 18.1 Å². The summed E-state index contributed by atoms with van der Waals surface area (Å²) in [6, 6.07) is 0. The van der Waals surface area contributed by atoms with Crippen molar-refractivity contribution in [2.24, 2.45) is 17.6 Å². The van der Waals surface area contributed by atoms with Gasteiger partial charge in [0.05, 0.1) is 5.69 Å². The Morgan fingerprint density at radius 2 is 2.05 bits per heavy atom. The van der Waals surface area contributed by atoms with Crippen LogP contribution in [0.1, 0.15) is 56.0 Å². The minimum atomic E-state index is 0.646. The van der Waals surface area contributed by atoms with E-state index in [2.05, 4.69) is 11.8 Å². The number of hydrogen-bond acceptors (Lipinski definition) is 4. The minimum absolute atomic E-state index is 0.646. The van der Waals surface area contributed by atoms with Crippen LogP contribution in [-0.2, 0) is 13.0 Å². The highest BCUT2D eigenvalue weighted by molar-refractivity contribution is 7.15. The zero-order valence-electron chi connectivity index (χ0n) is 12.6. The van der Waals surface area contributed by atoms with Crippen LogP contribution >= 0.6 is 11.3 Å². The Hall–Kier alpha value is -0.610. The summed E-state index contributed by atoms with van der Waals surface area (Å²) in [5.41, 5.74) is 7.13. The molecule has 2 N–H and O–H groups in total. The second kappa shape index (κ2) is 6.44. The fraction of sp³-hybridized carbons (Fsp3) is 0.812. The van der Waals surface area contributed by atoms with Crippen molar-refractivity contribution >= 4 is 16.5 Å². The lowest BCUT2D eigenvalue weighted by Gasteiger charge is -2.41. The first-order chi connectivity index (χ1) is 9.81. The number of rotatable bonds is 4. The van der Waals surface area contributed by atoms with Crippen molar-refractivity contribution in [1.82, 2.24) is 4.98 Å². The number of nitrogens with zero attached hydrogens (tertiary/aromatic N) is 2. The number of piperidine rings is 1. The maximum atomic E-state index is 5.88. The number of hydrogen-bond donors (Lipinski definition) is 1. The van der Waals surface area contributed by atoms with Gasteiger partial charge in [0.2, 0.25) is 0 Å². The fourth-order valence-electron chi connectivity index (χ4n) is 3.87. The number of aromatic nitrogens is 1. The standard InChI is InChI=1S/C16H27N3S/c1-2-5-14-15(10-17)20-16(18-14)19-9-8-12-6-3-4-7-13(12)11-19/h12-13H,2-11,17H2,1H3. The highest BCUT2D eigenvalue weighted by atomic mass is 32.1. The molecule has 0 bridgehead atoms. The lowest BCUT2D eigenvalue weighted by atomic mass is 9.75. The molecule has 2 aliphatic rings. The second-order valence-corrected chi connectivity index (χ2v) is 7.42. The molecule has 1 aromatic rings. The molecular formula is C16H27N3S. The average molecular weight is 293 g/mol. The van der Waals surface area contributed by atoms with Gasteiger partial charge in [-0.15, -0.1) is 11.3 Å². The van der Waals surface area contributed by atoms with Crippen LogP contribution in [0.5, 0.6) is 0 Å². The van der Waals surface area contributed by atoms with E-state index in [1.807, 2.05) is 11.3 Å². The van der Waals surface area contributed by atoms with E-state index in [4.69, 9.17) is 10.7 Å². The van der Waals surface area contributed by atoms with Crippen LogP contribution < -0.4 is 10.6 Å². The Kier molecular flexibility index (Phi) is 4.61. The van der Waals surface area contributed by atoms with Crippen LogP contribution in [0.2, 0.25) is 0 Å². The van der Waals surface area contributed by atoms with E-state index in [9.17, 15) is 0 Å². The first-order valence-corrected chi connectivity index (χ1v) is 9.07. The molecule has 0 aromatic carbocycles. The lowest BCUT2D eigenvalue weighted by Crippen LogP contribution is -2.41. The summed E-state index contributed by atoms with van der Waals surface area (Å²) in [4.78, 5) is 8.73. The molecule has 3 nitrogen and oxygen atoms in total. The Morgan fingerprint density at radius 1 is 1.25 bits per heavy atom. The Bertz CT molecular complexity index is 443. The summed E-state index contributed by atoms with van der Waals surface area (Å²) >= 11 is 1.84. The molecule has 1 aliphatic carbocycles. The van der Waals surface area contributed by atoms with Crippen LogP contribution in [0.4, 0.5) is 5.13 Å². The molecular weight excluding hydrogens is 266 g/mol. The Morgan fingerprint density at radius 3 is 2.80 bits per heavy atom. The minimum Gasteiger partial charge on any atom is -0.348 e. The zero-order chi connectivity index (χ0) is 13.9. The van der Waals surface area contributed by atoms with E-state index < -0.39 is 0 Å². The highest BCUT2D eigenvalue weighted by Crippen LogP contribution is 2.38. The normalized spacial score (nSPS) is 26.6. The van der Waals surface area contributed by atoms with Crippen molar-refractivity contribution in [1.29, 1.82) is 0 Å². The van der Waals surface area contributed by atoms with Crippen LogP contribution in [0.15, 0.2) is 0 Å². The topological polar surface area (TPSA) is 42.2 Å². The van der Waals surface area contributed by atoms with Crippen molar-refractivity contribution in [3.8, 4) is 0 Å². The fourth-order valence-corrected chi connectivity index (χ4v) is 4.89. The average Bonchev–Trinajstić information content (AvgIpc) is 2.90. The van der Waals surface area contributed by atoms with E-state index in [0.717, 1.165) is 24.7 Å². The lowest BCUT2D eigenvalue weighted by molar-refractivity contribution is 0.202. The summed E-state index contributed by atoms with van der Waals surface area (Å²) < 4.78 is 0. The molecule has 2 atom stereocenters. The number of anilines is 1. The molecule has 20 heavy (non-hydrogen) atoms. The predicted molar refractivity (Wildman–Crippen MR) is 86.3 cm³/mol. The zero-order valence-corrected chi connectivity index (χ0v) is 13.4. The van der Waals surface area contributed by atoms with Gasteiger partial charge in [-0.2, -0.15) is 0 Å². The number of thiazole rings is 1. The monoisotopic (exact) mass is 293 g/mol. The molecule has 3 rings (SSSR count). The Labute approximate surface area is 126 Å².